The van der Waals surface area contributed by atoms with Gasteiger partial charge >= 0.3 is 0 Å². The second kappa shape index (κ2) is 5.68. The van der Waals surface area contributed by atoms with Gasteiger partial charge < -0.3 is 9.47 Å². The van der Waals surface area contributed by atoms with Crippen LogP contribution in [0.4, 0.5) is 4.39 Å². The van der Waals surface area contributed by atoms with Crippen LogP contribution in [-0.2, 0) is 7.05 Å². The summed E-state index contributed by atoms with van der Waals surface area (Å²) in [7, 11) is 1.82. The Hall–Kier alpha value is -2.17. The molecule has 5 heteroatoms. The van der Waals surface area contributed by atoms with E-state index in [0.717, 1.165) is 24.8 Å². The molecule has 0 spiro atoms. The monoisotopic (exact) mass is 287 g/mol. The first-order chi connectivity index (χ1) is 10.2. The summed E-state index contributed by atoms with van der Waals surface area (Å²) in [6.07, 6.45) is 6.37. The van der Waals surface area contributed by atoms with Crippen molar-refractivity contribution < 1.29 is 9.18 Å². The molecule has 4 nitrogen and oxygen atoms in total. The summed E-state index contributed by atoms with van der Waals surface area (Å²) in [6, 6.07) is 6.44. The molecule has 3 rings (SSSR count). The number of halogens is 1. The van der Waals surface area contributed by atoms with Gasteiger partial charge in [0.15, 0.2) is 5.82 Å². The molecule has 1 aliphatic heterocycles. The first-order valence-electron chi connectivity index (χ1n) is 7.20. The molecule has 1 aromatic carbocycles. The van der Waals surface area contributed by atoms with Gasteiger partial charge in [-0.15, -0.1) is 0 Å². The molecule has 1 aromatic heterocycles. The van der Waals surface area contributed by atoms with Crippen molar-refractivity contribution in [2.75, 3.05) is 6.54 Å². The number of imidazole rings is 1. The number of benzene rings is 1. The van der Waals surface area contributed by atoms with Crippen LogP contribution in [0.25, 0.3) is 0 Å². The van der Waals surface area contributed by atoms with E-state index in [1.807, 2.05) is 11.9 Å². The van der Waals surface area contributed by atoms with Gasteiger partial charge in [-0.25, -0.2) is 9.37 Å². The minimum atomic E-state index is -0.253. The van der Waals surface area contributed by atoms with Gasteiger partial charge in [-0.05, 0) is 37.0 Å². The van der Waals surface area contributed by atoms with Gasteiger partial charge in [0, 0.05) is 26.0 Å². The normalized spacial score (nSPS) is 18.8. The Bertz CT molecular complexity index is 635. The summed E-state index contributed by atoms with van der Waals surface area (Å²) in [5.74, 6) is 0.136. The van der Waals surface area contributed by atoms with Gasteiger partial charge in [-0.2, -0.15) is 0 Å². The number of carbonyl (C=O) groups excluding carboxylic acids is 1. The van der Waals surface area contributed by atoms with Crippen LogP contribution in [0.2, 0.25) is 0 Å². The number of piperidine rings is 1. The largest absolute Gasteiger partial charge is 0.330 e. The van der Waals surface area contributed by atoms with E-state index < -0.39 is 0 Å². The quantitative estimate of drug-likeness (QED) is 0.851. The van der Waals surface area contributed by atoms with Crippen molar-refractivity contribution in [3.8, 4) is 0 Å². The number of likely N-dealkylation sites (tertiary alicyclic amines) is 1. The molecule has 0 radical (unpaired) electrons. The third-order valence-corrected chi connectivity index (χ3v) is 4.03. The van der Waals surface area contributed by atoms with Crippen molar-refractivity contribution in [2.24, 2.45) is 7.05 Å². The molecule has 21 heavy (non-hydrogen) atoms. The van der Waals surface area contributed by atoms with Gasteiger partial charge in [-0.1, -0.05) is 12.1 Å². The maximum Gasteiger partial charge on any atom is 0.290 e. The molecule has 0 N–H and O–H groups in total. The van der Waals surface area contributed by atoms with Crippen molar-refractivity contribution in [3.05, 3.63) is 53.9 Å². The average Bonchev–Trinajstić information content (AvgIpc) is 2.93. The third-order valence-electron chi connectivity index (χ3n) is 4.03. The SMILES string of the molecule is Cn1ccnc1C(=O)N1CCCCC1c1ccc(F)cc1. The molecule has 2 heterocycles. The highest BCUT2D eigenvalue weighted by Crippen LogP contribution is 2.31. The minimum Gasteiger partial charge on any atom is -0.330 e. The molecular formula is C16H18FN3O. The highest BCUT2D eigenvalue weighted by molar-refractivity contribution is 5.91. The zero-order valence-electron chi connectivity index (χ0n) is 12.0. The van der Waals surface area contributed by atoms with Crippen LogP contribution in [0.1, 0.15) is 41.5 Å². The Kier molecular flexibility index (Phi) is 3.73. The lowest BCUT2D eigenvalue weighted by atomic mass is 9.95. The van der Waals surface area contributed by atoms with Crippen LogP contribution < -0.4 is 0 Å². The number of hydrogen-bond acceptors (Lipinski definition) is 2. The summed E-state index contributed by atoms with van der Waals surface area (Å²) < 4.78 is 14.8. The van der Waals surface area contributed by atoms with E-state index in [0.29, 0.717) is 12.4 Å². The molecule has 1 unspecified atom stereocenters. The van der Waals surface area contributed by atoms with Crippen LogP contribution in [0.3, 0.4) is 0 Å². The zero-order chi connectivity index (χ0) is 14.8. The number of hydrogen-bond donors (Lipinski definition) is 0. The fourth-order valence-electron chi connectivity index (χ4n) is 2.91. The molecule has 1 fully saturated rings. The summed E-state index contributed by atoms with van der Waals surface area (Å²) in [6.45, 7) is 0.716. The van der Waals surface area contributed by atoms with Crippen LogP contribution >= 0.6 is 0 Å². The Morgan fingerprint density at radius 1 is 1.29 bits per heavy atom. The molecule has 110 valence electrons. The van der Waals surface area contributed by atoms with Gasteiger partial charge in [0.25, 0.3) is 5.91 Å². The number of aromatic nitrogens is 2. The summed E-state index contributed by atoms with van der Waals surface area (Å²) in [5, 5.41) is 0. The van der Waals surface area contributed by atoms with Crippen molar-refractivity contribution in [3.63, 3.8) is 0 Å². The van der Waals surface area contributed by atoms with Gasteiger partial charge in [0.05, 0.1) is 6.04 Å². The van der Waals surface area contributed by atoms with Crippen LogP contribution in [0.5, 0.6) is 0 Å². The van der Waals surface area contributed by atoms with Gasteiger partial charge in [0.1, 0.15) is 5.82 Å². The van der Waals surface area contributed by atoms with Crippen molar-refractivity contribution >= 4 is 5.91 Å². The lowest BCUT2D eigenvalue weighted by Crippen LogP contribution is -2.39. The first-order valence-corrected chi connectivity index (χ1v) is 7.20. The topological polar surface area (TPSA) is 38.1 Å². The molecular weight excluding hydrogens is 269 g/mol. The molecule has 0 bridgehead atoms. The number of amides is 1. The lowest BCUT2D eigenvalue weighted by Gasteiger charge is -2.35. The third kappa shape index (κ3) is 2.68. The molecule has 1 saturated heterocycles. The fraction of sp³-hybridized carbons (Fsp3) is 0.375. The van der Waals surface area contributed by atoms with Crippen molar-refractivity contribution in [1.82, 2.24) is 14.5 Å². The van der Waals surface area contributed by atoms with E-state index >= 15 is 0 Å². The highest BCUT2D eigenvalue weighted by Gasteiger charge is 2.30. The predicted octanol–water partition coefficient (Wildman–Crippen LogP) is 2.93. The van der Waals surface area contributed by atoms with Gasteiger partial charge in [0.2, 0.25) is 0 Å². The van der Waals surface area contributed by atoms with Crippen LogP contribution in [-0.4, -0.2) is 26.9 Å². The van der Waals surface area contributed by atoms with Crippen molar-refractivity contribution in [2.45, 2.75) is 25.3 Å². The van der Waals surface area contributed by atoms with E-state index in [9.17, 15) is 9.18 Å². The Morgan fingerprint density at radius 3 is 2.71 bits per heavy atom. The average molecular weight is 287 g/mol. The second-order valence-electron chi connectivity index (χ2n) is 5.42. The number of carbonyl (C=O) groups is 1. The Labute approximate surface area is 123 Å². The molecule has 1 atom stereocenters. The molecule has 0 saturated carbocycles. The summed E-state index contributed by atoms with van der Waals surface area (Å²) >= 11 is 0. The van der Waals surface area contributed by atoms with Gasteiger partial charge in [-0.3, -0.25) is 4.79 Å². The first kappa shape index (κ1) is 13.8. The van der Waals surface area contributed by atoms with E-state index in [-0.39, 0.29) is 17.8 Å². The number of nitrogens with zero attached hydrogens (tertiary/aromatic N) is 3. The minimum absolute atomic E-state index is 0.00329. The van der Waals surface area contributed by atoms with E-state index in [4.69, 9.17) is 0 Å². The number of rotatable bonds is 2. The number of aryl methyl sites for hydroxylation is 1. The Balaban J connectivity index is 1.89. The highest BCUT2D eigenvalue weighted by atomic mass is 19.1. The van der Waals surface area contributed by atoms with Crippen LogP contribution in [0.15, 0.2) is 36.7 Å². The van der Waals surface area contributed by atoms with Crippen LogP contribution in [0, 0.1) is 5.82 Å². The molecule has 1 amide bonds. The van der Waals surface area contributed by atoms with Crippen molar-refractivity contribution in [1.29, 1.82) is 0 Å². The lowest BCUT2D eigenvalue weighted by molar-refractivity contribution is 0.0595. The predicted molar refractivity (Wildman–Crippen MR) is 77.2 cm³/mol. The van der Waals surface area contributed by atoms with E-state index in [1.165, 1.54) is 12.1 Å². The smallest absolute Gasteiger partial charge is 0.290 e. The zero-order valence-corrected chi connectivity index (χ0v) is 12.0. The maximum absolute atomic E-state index is 13.1. The molecule has 1 aliphatic rings. The van der Waals surface area contributed by atoms with E-state index in [2.05, 4.69) is 4.98 Å². The molecule has 0 aliphatic carbocycles. The molecule has 2 aromatic rings. The van der Waals surface area contributed by atoms with E-state index in [1.54, 1.807) is 29.1 Å². The Morgan fingerprint density at radius 2 is 2.05 bits per heavy atom. The second-order valence-corrected chi connectivity index (χ2v) is 5.42. The summed E-state index contributed by atoms with van der Waals surface area (Å²) in [5.41, 5.74) is 0.985. The standard InChI is InChI=1S/C16H18FN3O/c1-19-11-9-18-15(19)16(21)20-10-3-2-4-14(20)12-5-7-13(17)8-6-12/h5-9,11,14H,2-4,10H2,1H3. The fourth-order valence-corrected chi connectivity index (χ4v) is 2.91. The maximum atomic E-state index is 13.1. The summed E-state index contributed by atoms with van der Waals surface area (Å²) in [4.78, 5) is 18.7.